The number of nitrogens with zero attached hydrogens (tertiary/aromatic N) is 2. The number of nitrogens with two attached hydrogens (primary N) is 1. The van der Waals surface area contributed by atoms with Gasteiger partial charge in [0.25, 0.3) is 0 Å². The van der Waals surface area contributed by atoms with Crippen LogP contribution in [0.15, 0.2) is 0 Å². The fourth-order valence-electron chi connectivity index (χ4n) is 3.72. The van der Waals surface area contributed by atoms with Gasteiger partial charge in [0, 0.05) is 25.7 Å². The lowest BCUT2D eigenvalue weighted by atomic mass is 9.69. The summed E-state index contributed by atoms with van der Waals surface area (Å²) in [5, 5.41) is 0. The number of carbonyl (C=O) groups is 1. The summed E-state index contributed by atoms with van der Waals surface area (Å²) in [6.07, 6.45) is 6.57. The lowest BCUT2D eigenvalue weighted by Gasteiger charge is -2.44. The number of carbonyl (C=O) groups excluding carboxylic acids is 1. The Morgan fingerprint density at radius 1 is 1.30 bits per heavy atom. The van der Waals surface area contributed by atoms with Gasteiger partial charge in [-0.05, 0) is 58.5 Å². The second kappa shape index (κ2) is 6.44. The van der Waals surface area contributed by atoms with Crippen LogP contribution in [0, 0.1) is 11.3 Å². The third kappa shape index (κ3) is 3.17. The van der Waals surface area contributed by atoms with E-state index in [4.69, 9.17) is 5.73 Å². The first kappa shape index (κ1) is 15.8. The molecular weight excluding hydrogens is 250 g/mol. The Labute approximate surface area is 123 Å². The summed E-state index contributed by atoms with van der Waals surface area (Å²) in [5.74, 6) is 1.08. The van der Waals surface area contributed by atoms with Crippen molar-refractivity contribution in [3.05, 3.63) is 0 Å². The smallest absolute Gasteiger partial charge is 0.230 e. The molecule has 4 nitrogen and oxygen atoms in total. The van der Waals surface area contributed by atoms with Gasteiger partial charge >= 0.3 is 0 Å². The average molecular weight is 281 g/mol. The molecule has 1 saturated heterocycles. The second-order valence-electron chi connectivity index (χ2n) is 7.18. The minimum atomic E-state index is -0.263. The van der Waals surface area contributed by atoms with Crippen LogP contribution >= 0.6 is 0 Å². The molecule has 1 atom stereocenters. The van der Waals surface area contributed by atoms with Crippen molar-refractivity contribution in [2.24, 2.45) is 17.1 Å². The average Bonchev–Trinajstić information content (AvgIpc) is 2.48. The van der Waals surface area contributed by atoms with Crippen LogP contribution in [0.4, 0.5) is 0 Å². The van der Waals surface area contributed by atoms with Crippen molar-refractivity contribution in [1.29, 1.82) is 0 Å². The van der Waals surface area contributed by atoms with Crippen LogP contribution in [-0.4, -0.2) is 55.5 Å². The van der Waals surface area contributed by atoms with Crippen LogP contribution in [0.2, 0.25) is 0 Å². The van der Waals surface area contributed by atoms with Gasteiger partial charge < -0.3 is 15.5 Å². The fraction of sp³-hybridized carbons (Fsp3) is 0.938. The maximum Gasteiger partial charge on any atom is 0.230 e. The van der Waals surface area contributed by atoms with Gasteiger partial charge in [-0.3, -0.25) is 4.79 Å². The molecule has 1 heterocycles. The van der Waals surface area contributed by atoms with E-state index in [0.29, 0.717) is 18.5 Å². The highest BCUT2D eigenvalue weighted by atomic mass is 16.2. The van der Waals surface area contributed by atoms with Crippen molar-refractivity contribution in [2.45, 2.75) is 51.5 Å². The lowest BCUT2D eigenvalue weighted by molar-refractivity contribution is -0.146. The predicted octanol–water partition coefficient (Wildman–Crippen LogP) is 1.69. The van der Waals surface area contributed by atoms with Gasteiger partial charge in [0.2, 0.25) is 5.91 Å². The fourth-order valence-corrected chi connectivity index (χ4v) is 3.72. The van der Waals surface area contributed by atoms with Crippen LogP contribution in [0.3, 0.4) is 0 Å². The Morgan fingerprint density at radius 2 is 1.95 bits per heavy atom. The maximum absolute atomic E-state index is 13.0. The predicted molar refractivity (Wildman–Crippen MR) is 82.4 cm³/mol. The molecule has 116 valence electrons. The Bertz CT molecular complexity index is 335. The molecule has 1 aliphatic carbocycles. The van der Waals surface area contributed by atoms with Crippen LogP contribution in [0.25, 0.3) is 0 Å². The molecule has 0 aromatic carbocycles. The van der Waals surface area contributed by atoms with E-state index in [9.17, 15) is 4.79 Å². The number of piperidine rings is 1. The zero-order valence-corrected chi connectivity index (χ0v) is 13.4. The van der Waals surface area contributed by atoms with E-state index in [1.165, 1.54) is 6.42 Å². The van der Waals surface area contributed by atoms with Crippen LogP contribution in [0.5, 0.6) is 0 Å². The van der Waals surface area contributed by atoms with Crippen molar-refractivity contribution in [3.63, 3.8) is 0 Å². The Hall–Kier alpha value is -0.610. The van der Waals surface area contributed by atoms with E-state index >= 15 is 0 Å². The van der Waals surface area contributed by atoms with Crippen molar-refractivity contribution in [1.82, 2.24) is 9.80 Å². The zero-order chi connectivity index (χ0) is 14.8. The molecule has 4 heteroatoms. The van der Waals surface area contributed by atoms with Gasteiger partial charge in [-0.25, -0.2) is 0 Å². The lowest BCUT2D eigenvalue weighted by Crippen LogP contribution is -2.55. The molecule has 2 rings (SSSR count). The first-order chi connectivity index (χ1) is 9.48. The van der Waals surface area contributed by atoms with E-state index in [1.54, 1.807) is 0 Å². The largest absolute Gasteiger partial charge is 0.341 e. The molecule has 1 amide bonds. The molecule has 2 aliphatic rings. The van der Waals surface area contributed by atoms with Gasteiger partial charge in [-0.15, -0.1) is 0 Å². The van der Waals surface area contributed by atoms with Gasteiger partial charge in [0.1, 0.15) is 0 Å². The van der Waals surface area contributed by atoms with Gasteiger partial charge in [0.15, 0.2) is 0 Å². The third-order valence-corrected chi connectivity index (χ3v) is 5.49. The molecule has 1 unspecified atom stereocenters. The zero-order valence-electron chi connectivity index (χ0n) is 13.4. The highest BCUT2D eigenvalue weighted by Gasteiger charge is 2.43. The summed E-state index contributed by atoms with van der Waals surface area (Å²) < 4.78 is 0. The van der Waals surface area contributed by atoms with Crippen molar-refractivity contribution in [2.75, 3.05) is 33.7 Å². The number of likely N-dealkylation sites (tertiary alicyclic amines) is 1. The normalized spacial score (nSPS) is 35.4. The summed E-state index contributed by atoms with van der Waals surface area (Å²) in [4.78, 5) is 17.4. The Kier molecular flexibility index (Phi) is 5.08. The molecule has 0 spiro atoms. The molecule has 0 radical (unpaired) electrons. The van der Waals surface area contributed by atoms with Crippen LogP contribution in [0.1, 0.15) is 45.4 Å². The first-order valence-corrected chi connectivity index (χ1v) is 8.14. The molecule has 1 saturated carbocycles. The summed E-state index contributed by atoms with van der Waals surface area (Å²) >= 11 is 0. The molecule has 0 aromatic rings. The number of hydrogen-bond donors (Lipinski definition) is 1. The second-order valence-corrected chi connectivity index (χ2v) is 7.18. The summed E-state index contributed by atoms with van der Waals surface area (Å²) in [5.41, 5.74) is 5.76. The van der Waals surface area contributed by atoms with E-state index in [0.717, 1.165) is 51.1 Å². The number of amides is 1. The minimum Gasteiger partial charge on any atom is -0.341 e. The van der Waals surface area contributed by atoms with Crippen molar-refractivity contribution in [3.8, 4) is 0 Å². The minimum absolute atomic E-state index is 0.263. The van der Waals surface area contributed by atoms with E-state index in [-0.39, 0.29) is 5.41 Å². The molecule has 1 aliphatic heterocycles. The maximum atomic E-state index is 13.0. The summed E-state index contributed by atoms with van der Waals surface area (Å²) in [7, 11) is 4.22. The Balaban J connectivity index is 2.04. The molecule has 20 heavy (non-hydrogen) atoms. The molecule has 2 N–H and O–H groups in total. The van der Waals surface area contributed by atoms with E-state index < -0.39 is 0 Å². The molecule has 2 fully saturated rings. The van der Waals surface area contributed by atoms with E-state index in [2.05, 4.69) is 30.8 Å². The van der Waals surface area contributed by atoms with Gasteiger partial charge in [-0.1, -0.05) is 6.92 Å². The van der Waals surface area contributed by atoms with Crippen molar-refractivity contribution < 1.29 is 4.79 Å². The van der Waals surface area contributed by atoms with Gasteiger partial charge in [-0.2, -0.15) is 0 Å². The topological polar surface area (TPSA) is 49.6 Å². The van der Waals surface area contributed by atoms with Crippen molar-refractivity contribution >= 4 is 5.91 Å². The first-order valence-electron chi connectivity index (χ1n) is 8.14. The molecular formula is C16H31N3O. The van der Waals surface area contributed by atoms with Crippen LogP contribution in [-0.2, 0) is 4.79 Å². The Morgan fingerprint density at radius 3 is 2.50 bits per heavy atom. The van der Waals surface area contributed by atoms with E-state index in [1.807, 2.05) is 0 Å². The number of hydrogen-bond acceptors (Lipinski definition) is 3. The highest BCUT2D eigenvalue weighted by Crippen LogP contribution is 2.40. The number of likely N-dealkylation sites (N-methyl/N-ethyl adjacent to an activating group) is 1. The monoisotopic (exact) mass is 281 g/mol. The molecule has 0 aromatic heterocycles. The number of rotatable bonds is 3. The molecule has 0 bridgehead atoms. The van der Waals surface area contributed by atoms with Gasteiger partial charge in [0.05, 0.1) is 5.41 Å². The van der Waals surface area contributed by atoms with Crippen LogP contribution < -0.4 is 5.73 Å². The highest BCUT2D eigenvalue weighted by molar-refractivity contribution is 5.83. The third-order valence-electron chi connectivity index (χ3n) is 5.49. The quantitative estimate of drug-likeness (QED) is 0.856. The summed E-state index contributed by atoms with van der Waals surface area (Å²) in [6, 6.07) is 0.505. The summed E-state index contributed by atoms with van der Waals surface area (Å²) in [6.45, 7) is 4.60. The SMILES string of the molecule is CC1CCC(CN)(C(=O)N2CCCC(N(C)C)C2)CC1. The standard InChI is InChI=1S/C16H31N3O/c1-13-6-8-16(12-17,9-7-13)15(20)19-10-4-5-14(11-19)18(2)3/h13-14H,4-12,17H2,1-3H3.